The fourth-order valence-electron chi connectivity index (χ4n) is 3.45. The zero-order chi connectivity index (χ0) is 21.6. The van der Waals surface area contributed by atoms with Gasteiger partial charge in [-0.15, -0.1) is 0 Å². The second-order valence-corrected chi connectivity index (χ2v) is 10.9. The lowest BCUT2D eigenvalue weighted by molar-refractivity contribution is 0.107. The van der Waals surface area contributed by atoms with Gasteiger partial charge in [-0.05, 0) is 30.5 Å². The molecule has 1 heterocycles. The predicted octanol–water partition coefficient (Wildman–Crippen LogP) is 2.99. The summed E-state index contributed by atoms with van der Waals surface area (Å²) in [6.45, 7) is 6.25. The molecule has 2 aromatic carbocycles. The van der Waals surface area contributed by atoms with Crippen molar-refractivity contribution in [1.29, 1.82) is 0 Å². The van der Waals surface area contributed by atoms with E-state index in [0.717, 1.165) is 17.1 Å². The normalized spacial score (nSPS) is 18.2. The Bertz CT molecular complexity index is 955. The molecule has 30 heavy (non-hydrogen) atoms. The Morgan fingerprint density at radius 3 is 2.23 bits per heavy atom. The van der Waals surface area contributed by atoms with E-state index >= 15 is 0 Å². The highest BCUT2D eigenvalue weighted by Gasteiger charge is 2.40. The smallest absolute Gasteiger partial charge is 0.193 e. The van der Waals surface area contributed by atoms with Gasteiger partial charge in [0.2, 0.25) is 0 Å². The van der Waals surface area contributed by atoms with Crippen molar-refractivity contribution >= 4 is 15.8 Å². The summed E-state index contributed by atoms with van der Waals surface area (Å²) in [6.07, 6.45) is 0. The fourth-order valence-corrected chi connectivity index (χ4v) is 4.82. The molecule has 1 aliphatic heterocycles. The topological polar surface area (TPSA) is 71.0 Å². The third-order valence-electron chi connectivity index (χ3n) is 5.41. The molecule has 1 fully saturated rings. The van der Waals surface area contributed by atoms with Crippen LogP contribution < -0.4 is 5.32 Å². The van der Waals surface area contributed by atoms with Crippen molar-refractivity contribution in [2.45, 2.75) is 38.4 Å². The molecule has 2 aromatic rings. The Balaban J connectivity index is 1.49. The van der Waals surface area contributed by atoms with E-state index in [1.54, 1.807) is 20.9 Å². The standard InChI is InChI=1S/C23H31N3O3S/c1-23(2)18-26(13-14-30(23,27)28)22(24-3)25-15-19-9-11-21(12-10-19)17-29-16-20-7-5-4-6-8-20/h4-12H,13-18H2,1-3H3,(H,24,25). The van der Waals surface area contributed by atoms with Crippen LogP contribution in [-0.2, 0) is 34.3 Å². The average molecular weight is 430 g/mol. The average Bonchev–Trinajstić information content (AvgIpc) is 2.73. The number of benzene rings is 2. The largest absolute Gasteiger partial charge is 0.372 e. The maximum Gasteiger partial charge on any atom is 0.193 e. The van der Waals surface area contributed by atoms with E-state index in [4.69, 9.17) is 4.74 Å². The number of hydrogen-bond donors (Lipinski definition) is 1. The monoisotopic (exact) mass is 429 g/mol. The van der Waals surface area contributed by atoms with E-state index in [2.05, 4.69) is 46.7 Å². The van der Waals surface area contributed by atoms with Crippen LogP contribution in [0.5, 0.6) is 0 Å². The van der Waals surface area contributed by atoms with Crippen LogP contribution in [-0.4, -0.2) is 49.9 Å². The molecule has 0 bridgehead atoms. The van der Waals surface area contributed by atoms with Gasteiger partial charge in [-0.3, -0.25) is 4.99 Å². The molecule has 1 N–H and O–H groups in total. The number of sulfone groups is 1. The van der Waals surface area contributed by atoms with E-state index in [9.17, 15) is 8.42 Å². The van der Waals surface area contributed by atoms with E-state index in [1.807, 2.05) is 23.1 Å². The summed E-state index contributed by atoms with van der Waals surface area (Å²) < 4.78 is 29.5. The van der Waals surface area contributed by atoms with Crippen LogP contribution in [0.3, 0.4) is 0 Å². The van der Waals surface area contributed by atoms with Crippen molar-refractivity contribution in [1.82, 2.24) is 10.2 Å². The van der Waals surface area contributed by atoms with Crippen molar-refractivity contribution in [3.05, 3.63) is 71.3 Å². The van der Waals surface area contributed by atoms with Gasteiger partial charge in [0, 0.05) is 26.7 Å². The van der Waals surface area contributed by atoms with Gasteiger partial charge in [-0.25, -0.2) is 8.42 Å². The minimum atomic E-state index is -3.07. The summed E-state index contributed by atoms with van der Waals surface area (Å²) in [6, 6.07) is 18.4. The number of nitrogens with zero attached hydrogens (tertiary/aromatic N) is 2. The summed E-state index contributed by atoms with van der Waals surface area (Å²) >= 11 is 0. The van der Waals surface area contributed by atoms with E-state index < -0.39 is 14.6 Å². The van der Waals surface area contributed by atoms with Gasteiger partial charge in [0.15, 0.2) is 15.8 Å². The van der Waals surface area contributed by atoms with Crippen molar-refractivity contribution in [2.24, 2.45) is 4.99 Å². The van der Waals surface area contributed by atoms with Gasteiger partial charge in [0.05, 0.1) is 23.7 Å². The van der Waals surface area contributed by atoms with E-state index in [1.165, 1.54) is 5.56 Å². The first kappa shape index (κ1) is 22.3. The molecule has 0 amide bonds. The highest BCUT2D eigenvalue weighted by molar-refractivity contribution is 7.92. The molecule has 0 radical (unpaired) electrons. The fraction of sp³-hybridized carbons (Fsp3) is 0.435. The van der Waals surface area contributed by atoms with Crippen molar-refractivity contribution in [3.8, 4) is 0 Å². The number of hydrogen-bond acceptors (Lipinski definition) is 4. The van der Waals surface area contributed by atoms with E-state index in [0.29, 0.717) is 32.8 Å². The SMILES string of the molecule is CN=C(NCc1ccc(COCc2ccccc2)cc1)N1CCS(=O)(=O)C(C)(C)C1. The minimum absolute atomic E-state index is 0.151. The van der Waals surface area contributed by atoms with Gasteiger partial charge >= 0.3 is 0 Å². The van der Waals surface area contributed by atoms with Gasteiger partial charge < -0.3 is 15.0 Å². The summed E-state index contributed by atoms with van der Waals surface area (Å²) in [5.41, 5.74) is 3.42. The molecule has 0 atom stereocenters. The van der Waals surface area contributed by atoms with Crippen LogP contribution >= 0.6 is 0 Å². The second-order valence-electron chi connectivity index (χ2n) is 8.20. The minimum Gasteiger partial charge on any atom is -0.372 e. The Kier molecular flexibility index (Phi) is 7.15. The summed E-state index contributed by atoms with van der Waals surface area (Å²) in [7, 11) is -1.34. The van der Waals surface area contributed by atoms with Gasteiger partial charge in [0.1, 0.15) is 0 Å². The van der Waals surface area contributed by atoms with E-state index in [-0.39, 0.29) is 5.75 Å². The Labute approximate surface area is 179 Å². The third kappa shape index (κ3) is 5.61. The lowest BCUT2D eigenvalue weighted by Crippen LogP contribution is -2.57. The van der Waals surface area contributed by atoms with Gasteiger partial charge in [0.25, 0.3) is 0 Å². The summed E-state index contributed by atoms with van der Waals surface area (Å²) in [5, 5.41) is 3.35. The quantitative estimate of drug-likeness (QED) is 0.565. The lowest BCUT2D eigenvalue weighted by Gasteiger charge is -2.39. The molecule has 0 unspecified atom stereocenters. The summed E-state index contributed by atoms with van der Waals surface area (Å²) in [5.74, 6) is 0.881. The van der Waals surface area contributed by atoms with Crippen molar-refractivity contribution in [3.63, 3.8) is 0 Å². The molecular formula is C23H31N3O3S. The maximum absolute atomic E-state index is 12.2. The number of nitrogens with one attached hydrogen (secondary N) is 1. The molecule has 1 saturated heterocycles. The number of ether oxygens (including phenoxy) is 1. The third-order valence-corrected chi connectivity index (χ3v) is 7.94. The molecule has 7 heteroatoms. The molecule has 0 aliphatic carbocycles. The molecule has 6 nitrogen and oxygen atoms in total. The Morgan fingerprint density at radius 1 is 1.03 bits per heavy atom. The van der Waals surface area contributed by atoms with Crippen LogP contribution in [0.15, 0.2) is 59.6 Å². The highest BCUT2D eigenvalue weighted by atomic mass is 32.2. The molecule has 0 saturated carbocycles. The summed E-state index contributed by atoms with van der Waals surface area (Å²) in [4.78, 5) is 6.36. The Hall–Kier alpha value is -2.38. The van der Waals surface area contributed by atoms with Crippen LogP contribution in [0, 0.1) is 0 Å². The van der Waals surface area contributed by atoms with Crippen molar-refractivity contribution in [2.75, 3.05) is 25.9 Å². The first-order valence-corrected chi connectivity index (χ1v) is 11.8. The first-order chi connectivity index (χ1) is 14.3. The van der Waals surface area contributed by atoms with Gasteiger partial charge in [-0.1, -0.05) is 54.6 Å². The highest BCUT2D eigenvalue weighted by Crippen LogP contribution is 2.23. The number of rotatable bonds is 6. The Morgan fingerprint density at radius 2 is 1.63 bits per heavy atom. The van der Waals surface area contributed by atoms with Crippen LogP contribution in [0.1, 0.15) is 30.5 Å². The zero-order valence-corrected chi connectivity index (χ0v) is 18.8. The predicted molar refractivity (Wildman–Crippen MR) is 121 cm³/mol. The van der Waals surface area contributed by atoms with Crippen LogP contribution in [0.2, 0.25) is 0 Å². The van der Waals surface area contributed by atoms with Crippen molar-refractivity contribution < 1.29 is 13.2 Å². The van der Waals surface area contributed by atoms with Crippen LogP contribution in [0.4, 0.5) is 0 Å². The molecule has 3 rings (SSSR count). The lowest BCUT2D eigenvalue weighted by atomic mass is 10.1. The molecular weight excluding hydrogens is 398 g/mol. The second kappa shape index (κ2) is 9.62. The zero-order valence-electron chi connectivity index (χ0n) is 18.0. The maximum atomic E-state index is 12.2. The molecule has 0 aromatic heterocycles. The molecule has 0 spiro atoms. The van der Waals surface area contributed by atoms with Crippen LogP contribution in [0.25, 0.3) is 0 Å². The number of aliphatic imine (C=N–C) groups is 1. The first-order valence-electron chi connectivity index (χ1n) is 10.2. The molecule has 162 valence electrons. The number of guanidine groups is 1. The van der Waals surface area contributed by atoms with Gasteiger partial charge in [-0.2, -0.15) is 0 Å². The molecule has 1 aliphatic rings.